The van der Waals surface area contributed by atoms with Crippen molar-refractivity contribution in [3.63, 3.8) is 0 Å². The first-order chi connectivity index (χ1) is 6.35. The van der Waals surface area contributed by atoms with Gasteiger partial charge in [0.05, 0.1) is 0 Å². The van der Waals surface area contributed by atoms with Crippen molar-refractivity contribution in [1.82, 2.24) is 0 Å². The topological polar surface area (TPSA) is 49.4 Å². The van der Waals surface area contributed by atoms with Crippen LogP contribution in [0.4, 0.5) is 0 Å². The van der Waals surface area contributed by atoms with E-state index in [2.05, 4.69) is 20.0 Å². The number of thioether (sulfide) groups is 2. The molecule has 13 heavy (non-hydrogen) atoms. The number of nitrogens with zero attached hydrogens (tertiary/aromatic N) is 4. The smallest absolute Gasteiger partial charge is 0.189 e. The van der Waals surface area contributed by atoms with E-state index in [0.29, 0.717) is 0 Å². The van der Waals surface area contributed by atoms with Crippen LogP contribution in [0.1, 0.15) is 0 Å². The molecule has 2 heterocycles. The second-order valence-electron chi connectivity index (χ2n) is 2.40. The predicted molar refractivity (Wildman–Crippen MR) is 61.6 cm³/mol. The van der Waals surface area contributed by atoms with Crippen LogP contribution in [-0.4, -0.2) is 40.9 Å². The van der Waals surface area contributed by atoms with E-state index in [0.717, 1.165) is 16.7 Å². The molecule has 0 radical (unpaired) electrons. The van der Waals surface area contributed by atoms with E-state index >= 15 is 0 Å². The molecule has 0 N–H and O–H groups in total. The zero-order chi connectivity index (χ0) is 9.26. The highest BCUT2D eigenvalue weighted by molar-refractivity contribution is 8.13. The highest BCUT2D eigenvalue weighted by Gasteiger charge is 2.26. The molecular formula is C7H8N4S2. The van der Waals surface area contributed by atoms with Crippen LogP contribution in [-0.2, 0) is 0 Å². The van der Waals surface area contributed by atoms with Gasteiger partial charge >= 0.3 is 0 Å². The minimum absolute atomic E-state index is 0.0703. The van der Waals surface area contributed by atoms with Gasteiger partial charge in [0.2, 0.25) is 0 Å². The standard InChI is InChI=1S/C7H8N4S2/c1-12-6-4-5(8-3-9-6)11-7(10-4)13-2/h3,6H,1-2H3. The van der Waals surface area contributed by atoms with Gasteiger partial charge in [-0.1, -0.05) is 11.8 Å². The number of hydrogen-bond acceptors (Lipinski definition) is 6. The number of fused-ring (bicyclic) bond motifs is 1. The molecule has 0 spiro atoms. The summed E-state index contributed by atoms with van der Waals surface area (Å²) >= 11 is 3.17. The Bertz CT molecular complexity index is 342. The first kappa shape index (κ1) is 8.96. The molecule has 0 bridgehead atoms. The lowest BCUT2D eigenvalue weighted by Gasteiger charge is -2.10. The van der Waals surface area contributed by atoms with E-state index in [1.165, 1.54) is 11.8 Å². The highest BCUT2D eigenvalue weighted by atomic mass is 32.2. The summed E-state index contributed by atoms with van der Waals surface area (Å²) in [5.74, 6) is 0.721. The molecular weight excluding hydrogens is 204 g/mol. The van der Waals surface area contributed by atoms with E-state index < -0.39 is 0 Å². The van der Waals surface area contributed by atoms with E-state index in [1.54, 1.807) is 18.1 Å². The van der Waals surface area contributed by atoms with Crippen LogP contribution in [0.3, 0.4) is 0 Å². The van der Waals surface area contributed by atoms with Gasteiger partial charge < -0.3 is 0 Å². The number of hydrogen-bond donors (Lipinski definition) is 0. The van der Waals surface area contributed by atoms with Crippen LogP contribution in [0.5, 0.6) is 0 Å². The van der Waals surface area contributed by atoms with E-state index in [4.69, 9.17) is 0 Å². The molecule has 0 aliphatic carbocycles. The van der Waals surface area contributed by atoms with Crippen molar-refractivity contribution < 1.29 is 0 Å². The maximum atomic E-state index is 4.35. The maximum absolute atomic E-state index is 4.35. The zero-order valence-corrected chi connectivity index (χ0v) is 8.89. The van der Waals surface area contributed by atoms with Crippen LogP contribution in [0.15, 0.2) is 20.0 Å². The van der Waals surface area contributed by atoms with Crippen molar-refractivity contribution >= 4 is 46.6 Å². The van der Waals surface area contributed by atoms with Gasteiger partial charge in [-0.3, -0.25) is 4.99 Å². The predicted octanol–water partition coefficient (Wildman–Crippen LogP) is 1.29. The van der Waals surface area contributed by atoms with Gasteiger partial charge in [0.1, 0.15) is 17.4 Å². The molecule has 0 aromatic carbocycles. The third-order valence-corrected chi connectivity index (χ3v) is 3.01. The average molecular weight is 212 g/mol. The quantitative estimate of drug-likeness (QED) is 0.657. The first-order valence-corrected chi connectivity index (χ1v) is 6.20. The fourth-order valence-corrected chi connectivity index (χ4v) is 1.99. The van der Waals surface area contributed by atoms with Gasteiger partial charge in [0, 0.05) is 0 Å². The monoisotopic (exact) mass is 212 g/mol. The lowest BCUT2D eigenvalue weighted by Crippen LogP contribution is -2.24. The molecule has 0 saturated carbocycles. The highest BCUT2D eigenvalue weighted by Crippen LogP contribution is 2.20. The largest absolute Gasteiger partial charge is 0.253 e. The normalized spacial score (nSPS) is 25.1. The van der Waals surface area contributed by atoms with E-state index in [1.807, 2.05) is 12.5 Å². The van der Waals surface area contributed by atoms with E-state index in [9.17, 15) is 0 Å². The number of rotatable bonds is 1. The summed E-state index contributed by atoms with van der Waals surface area (Å²) in [7, 11) is 0. The van der Waals surface area contributed by atoms with Gasteiger partial charge in [-0.15, -0.1) is 11.8 Å². The van der Waals surface area contributed by atoms with Crippen molar-refractivity contribution in [3.8, 4) is 0 Å². The summed E-state index contributed by atoms with van der Waals surface area (Å²) in [6, 6.07) is 0. The molecule has 2 aliphatic rings. The van der Waals surface area contributed by atoms with Crippen LogP contribution in [0, 0.1) is 0 Å². The Morgan fingerprint density at radius 2 is 2.15 bits per heavy atom. The second-order valence-corrected chi connectivity index (χ2v) is 4.09. The summed E-state index contributed by atoms with van der Waals surface area (Å²) in [6.45, 7) is 0. The summed E-state index contributed by atoms with van der Waals surface area (Å²) in [4.78, 5) is 16.9. The van der Waals surface area contributed by atoms with Gasteiger partial charge in [0.15, 0.2) is 11.0 Å². The van der Waals surface area contributed by atoms with Crippen molar-refractivity contribution in [2.75, 3.05) is 12.5 Å². The second kappa shape index (κ2) is 3.63. The summed E-state index contributed by atoms with van der Waals surface area (Å²) in [5, 5.41) is 0.846. The number of aliphatic imine (C=N–C) groups is 4. The SMILES string of the molecule is CSC1=NC2=NC=NC(SC)C2=N1. The Labute approximate surface area is 84.7 Å². The van der Waals surface area contributed by atoms with Crippen molar-refractivity contribution in [1.29, 1.82) is 0 Å². The molecule has 6 heteroatoms. The average Bonchev–Trinajstić information content (AvgIpc) is 2.59. The molecule has 2 aliphatic heterocycles. The Morgan fingerprint density at radius 1 is 1.31 bits per heavy atom. The molecule has 4 nitrogen and oxygen atoms in total. The maximum Gasteiger partial charge on any atom is 0.189 e. The molecule has 0 amide bonds. The lowest BCUT2D eigenvalue weighted by molar-refractivity contribution is 1.21. The molecule has 0 saturated heterocycles. The van der Waals surface area contributed by atoms with Gasteiger partial charge in [-0.2, -0.15) is 0 Å². The summed E-state index contributed by atoms with van der Waals surface area (Å²) < 4.78 is 0. The Morgan fingerprint density at radius 3 is 2.85 bits per heavy atom. The molecule has 0 aromatic heterocycles. The van der Waals surface area contributed by atoms with Crippen LogP contribution < -0.4 is 0 Å². The van der Waals surface area contributed by atoms with Crippen LogP contribution in [0.2, 0.25) is 0 Å². The molecule has 68 valence electrons. The molecule has 0 fully saturated rings. The van der Waals surface area contributed by atoms with Gasteiger partial charge in [-0.05, 0) is 12.5 Å². The van der Waals surface area contributed by atoms with Crippen molar-refractivity contribution in [3.05, 3.63) is 0 Å². The summed E-state index contributed by atoms with van der Waals surface area (Å²) in [5.41, 5.74) is 0.888. The van der Waals surface area contributed by atoms with Gasteiger partial charge in [0.25, 0.3) is 0 Å². The number of amidine groups is 2. The van der Waals surface area contributed by atoms with Gasteiger partial charge in [-0.25, -0.2) is 15.0 Å². The molecule has 1 atom stereocenters. The molecule has 1 unspecified atom stereocenters. The zero-order valence-electron chi connectivity index (χ0n) is 7.26. The summed E-state index contributed by atoms with van der Waals surface area (Å²) in [6.07, 6.45) is 5.52. The Hall–Kier alpha value is -0.620. The molecule has 0 aromatic rings. The van der Waals surface area contributed by atoms with Crippen LogP contribution in [0.25, 0.3) is 0 Å². The third-order valence-electron chi connectivity index (χ3n) is 1.67. The van der Waals surface area contributed by atoms with Crippen molar-refractivity contribution in [2.45, 2.75) is 5.37 Å². The molecule has 2 rings (SSSR count). The fourth-order valence-electron chi connectivity index (χ4n) is 1.07. The van der Waals surface area contributed by atoms with Crippen LogP contribution >= 0.6 is 23.5 Å². The minimum Gasteiger partial charge on any atom is -0.253 e. The van der Waals surface area contributed by atoms with Crippen molar-refractivity contribution in [2.24, 2.45) is 20.0 Å². The Balaban J connectivity index is 2.32. The minimum atomic E-state index is 0.0703. The Kier molecular flexibility index (Phi) is 2.50. The third kappa shape index (κ3) is 1.55. The first-order valence-electron chi connectivity index (χ1n) is 3.69. The lowest BCUT2D eigenvalue weighted by atomic mass is 10.3. The fraction of sp³-hybridized carbons (Fsp3) is 0.429. The van der Waals surface area contributed by atoms with E-state index in [-0.39, 0.29) is 5.37 Å².